The number of carboxylic acid groups (broad SMARTS) is 1. The third kappa shape index (κ3) is 2.79. The third-order valence-corrected chi connectivity index (χ3v) is 3.40. The average molecular weight is 271 g/mol. The summed E-state index contributed by atoms with van der Waals surface area (Å²) in [6.45, 7) is 4.12. The van der Waals surface area contributed by atoms with Crippen molar-refractivity contribution in [3.8, 4) is 0 Å². The van der Waals surface area contributed by atoms with E-state index in [4.69, 9.17) is 5.11 Å². The van der Waals surface area contributed by atoms with Crippen LogP contribution in [0.4, 0.5) is 0 Å². The van der Waals surface area contributed by atoms with E-state index in [1.54, 1.807) is 12.1 Å². The highest BCUT2D eigenvalue weighted by Crippen LogP contribution is 2.19. The van der Waals surface area contributed by atoms with Crippen LogP contribution >= 0.6 is 0 Å². The summed E-state index contributed by atoms with van der Waals surface area (Å²) in [5.41, 5.74) is 3.01. The highest BCUT2D eigenvalue weighted by atomic mass is 16.4. The van der Waals surface area contributed by atoms with Crippen molar-refractivity contribution in [2.45, 2.75) is 26.8 Å². The molecule has 20 heavy (non-hydrogen) atoms. The molecule has 1 N–H and O–H groups in total. The molecule has 0 aliphatic heterocycles. The predicted octanol–water partition coefficient (Wildman–Crippen LogP) is 2.81. The Morgan fingerprint density at radius 1 is 1.15 bits per heavy atom. The van der Waals surface area contributed by atoms with Gasteiger partial charge in [-0.2, -0.15) is 0 Å². The van der Waals surface area contributed by atoms with Gasteiger partial charge in [0.05, 0.1) is 6.42 Å². The van der Waals surface area contributed by atoms with Crippen LogP contribution in [0.2, 0.25) is 0 Å². The number of nitrogens with zero attached hydrogens (tertiary/aromatic N) is 1. The molecule has 0 amide bonds. The molecule has 0 radical (unpaired) electrons. The average Bonchev–Trinajstić information content (AvgIpc) is 2.72. The lowest BCUT2D eigenvalue weighted by Gasteiger charge is -2.08. The maximum absolute atomic E-state index is 12.4. The standard InChI is InChI=1S/C16H17NO3/c1-11-10-14(12(2)17(11)9-8-15(18)19)16(20)13-6-4-3-5-7-13/h3-7,10H,8-9H2,1-2H3,(H,18,19). The number of aliphatic carboxylic acids is 1. The zero-order valence-corrected chi connectivity index (χ0v) is 11.6. The van der Waals surface area contributed by atoms with Gasteiger partial charge in [0.15, 0.2) is 5.78 Å². The molecule has 2 aromatic rings. The summed E-state index contributed by atoms with van der Waals surface area (Å²) < 4.78 is 1.88. The Kier molecular flexibility index (Phi) is 4.03. The second kappa shape index (κ2) is 5.74. The van der Waals surface area contributed by atoms with Crippen molar-refractivity contribution in [3.05, 3.63) is 58.9 Å². The fourth-order valence-corrected chi connectivity index (χ4v) is 2.33. The Bertz CT molecular complexity index is 641. The number of aryl methyl sites for hydroxylation is 1. The Hall–Kier alpha value is -2.36. The Morgan fingerprint density at radius 2 is 1.80 bits per heavy atom. The fraction of sp³-hybridized carbons (Fsp3) is 0.250. The third-order valence-electron chi connectivity index (χ3n) is 3.40. The van der Waals surface area contributed by atoms with E-state index in [9.17, 15) is 9.59 Å². The summed E-state index contributed by atoms with van der Waals surface area (Å²) in [6, 6.07) is 10.9. The molecule has 104 valence electrons. The van der Waals surface area contributed by atoms with Crippen molar-refractivity contribution in [2.75, 3.05) is 0 Å². The summed E-state index contributed by atoms with van der Waals surface area (Å²) in [6.07, 6.45) is 0.0509. The summed E-state index contributed by atoms with van der Waals surface area (Å²) in [7, 11) is 0. The van der Waals surface area contributed by atoms with E-state index < -0.39 is 5.97 Å². The molecule has 4 heteroatoms. The zero-order valence-electron chi connectivity index (χ0n) is 11.6. The van der Waals surface area contributed by atoms with Gasteiger partial charge in [-0.3, -0.25) is 9.59 Å². The van der Waals surface area contributed by atoms with E-state index in [2.05, 4.69) is 0 Å². The van der Waals surface area contributed by atoms with Gasteiger partial charge in [-0.05, 0) is 19.9 Å². The lowest BCUT2D eigenvalue weighted by Crippen LogP contribution is -2.09. The number of hydrogen-bond acceptors (Lipinski definition) is 2. The number of benzene rings is 1. The minimum atomic E-state index is -0.839. The normalized spacial score (nSPS) is 10.5. The number of carbonyl (C=O) groups is 2. The van der Waals surface area contributed by atoms with Crippen molar-refractivity contribution < 1.29 is 14.7 Å². The van der Waals surface area contributed by atoms with Gasteiger partial charge in [0.2, 0.25) is 0 Å². The number of carbonyl (C=O) groups excluding carboxylic acids is 1. The first-order valence-corrected chi connectivity index (χ1v) is 6.49. The van der Waals surface area contributed by atoms with Crippen molar-refractivity contribution in [1.29, 1.82) is 0 Å². The zero-order chi connectivity index (χ0) is 14.7. The molecule has 1 heterocycles. The van der Waals surface area contributed by atoms with Gasteiger partial charge in [-0.1, -0.05) is 30.3 Å². The SMILES string of the molecule is Cc1cc(C(=O)c2ccccc2)c(C)n1CCC(=O)O. The van der Waals surface area contributed by atoms with E-state index in [1.165, 1.54) is 0 Å². The van der Waals surface area contributed by atoms with E-state index in [0.29, 0.717) is 17.7 Å². The molecule has 2 rings (SSSR count). The molecule has 0 saturated heterocycles. The number of aromatic nitrogens is 1. The van der Waals surface area contributed by atoms with Gasteiger partial charge in [-0.15, -0.1) is 0 Å². The van der Waals surface area contributed by atoms with E-state index in [0.717, 1.165) is 11.4 Å². The van der Waals surface area contributed by atoms with E-state index >= 15 is 0 Å². The van der Waals surface area contributed by atoms with Gasteiger partial charge in [-0.25, -0.2) is 0 Å². The largest absolute Gasteiger partial charge is 0.481 e. The lowest BCUT2D eigenvalue weighted by atomic mass is 10.0. The Balaban J connectivity index is 2.32. The van der Waals surface area contributed by atoms with Crippen LogP contribution in [0.5, 0.6) is 0 Å². The topological polar surface area (TPSA) is 59.3 Å². The first-order chi connectivity index (χ1) is 9.50. The van der Waals surface area contributed by atoms with Crippen LogP contribution < -0.4 is 0 Å². The van der Waals surface area contributed by atoms with Crippen molar-refractivity contribution in [2.24, 2.45) is 0 Å². The highest BCUT2D eigenvalue weighted by molar-refractivity contribution is 6.09. The summed E-state index contributed by atoms with van der Waals surface area (Å²) >= 11 is 0. The molecule has 1 aromatic carbocycles. The number of hydrogen-bond donors (Lipinski definition) is 1. The van der Waals surface area contributed by atoms with E-state index in [-0.39, 0.29) is 12.2 Å². The predicted molar refractivity (Wildman–Crippen MR) is 76.0 cm³/mol. The van der Waals surface area contributed by atoms with Crippen LogP contribution in [0.15, 0.2) is 36.4 Å². The molecule has 0 spiro atoms. The van der Waals surface area contributed by atoms with Crippen molar-refractivity contribution >= 4 is 11.8 Å². The lowest BCUT2D eigenvalue weighted by molar-refractivity contribution is -0.137. The molecule has 0 bridgehead atoms. The molecule has 0 aliphatic rings. The maximum Gasteiger partial charge on any atom is 0.305 e. The number of rotatable bonds is 5. The maximum atomic E-state index is 12.4. The number of ketones is 1. The first kappa shape index (κ1) is 14.1. The molecule has 4 nitrogen and oxygen atoms in total. The van der Waals surface area contributed by atoms with Gasteiger partial charge in [0, 0.05) is 29.1 Å². The number of carboxylic acids is 1. The van der Waals surface area contributed by atoms with Gasteiger partial charge in [0.25, 0.3) is 0 Å². The highest BCUT2D eigenvalue weighted by Gasteiger charge is 2.17. The second-order valence-electron chi connectivity index (χ2n) is 4.78. The van der Waals surface area contributed by atoms with Crippen LogP contribution in [0, 0.1) is 13.8 Å². The molecule has 0 fully saturated rings. The molecule has 0 atom stereocenters. The van der Waals surface area contributed by atoms with Crippen LogP contribution in [-0.4, -0.2) is 21.4 Å². The van der Waals surface area contributed by atoms with E-state index in [1.807, 2.05) is 42.7 Å². The first-order valence-electron chi connectivity index (χ1n) is 6.49. The van der Waals surface area contributed by atoms with Crippen LogP contribution in [0.25, 0.3) is 0 Å². The monoisotopic (exact) mass is 271 g/mol. The van der Waals surface area contributed by atoms with Crippen LogP contribution in [0.3, 0.4) is 0 Å². The fourth-order valence-electron chi connectivity index (χ4n) is 2.33. The van der Waals surface area contributed by atoms with Gasteiger partial charge in [0.1, 0.15) is 0 Å². The smallest absolute Gasteiger partial charge is 0.305 e. The van der Waals surface area contributed by atoms with Crippen LogP contribution in [-0.2, 0) is 11.3 Å². The summed E-state index contributed by atoms with van der Waals surface area (Å²) in [5.74, 6) is -0.867. The molecular weight excluding hydrogens is 254 g/mol. The van der Waals surface area contributed by atoms with Crippen molar-refractivity contribution in [1.82, 2.24) is 4.57 Å². The van der Waals surface area contributed by atoms with Crippen molar-refractivity contribution in [3.63, 3.8) is 0 Å². The Labute approximate surface area is 117 Å². The quantitative estimate of drug-likeness (QED) is 0.851. The molecule has 0 saturated carbocycles. The minimum absolute atomic E-state index is 0.0275. The summed E-state index contributed by atoms with van der Waals surface area (Å²) in [5, 5.41) is 8.77. The molecule has 1 aromatic heterocycles. The Morgan fingerprint density at radius 3 is 2.40 bits per heavy atom. The van der Waals surface area contributed by atoms with Gasteiger partial charge < -0.3 is 9.67 Å². The molecular formula is C16H17NO3. The minimum Gasteiger partial charge on any atom is -0.481 e. The second-order valence-corrected chi connectivity index (χ2v) is 4.78. The molecule has 0 aliphatic carbocycles. The molecule has 0 unspecified atom stereocenters. The summed E-state index contributed by atoms with van der Waals surface area (Å²) in [4.78, 5) is 23.1. The van der Waals surface area contributed by atoms with Gasteiger partial charge >= 0.3 is 5.97 Å². The van der Waals surface area contributed by atoms with Crippen LogP contribution in [0.1, 0.15) is 33.7 Å².